The van der Waals surface area contributed by atoms with Crippen LogP contribution in [-0.4, -0.2) is 5.16 Å². The van der Waals surface area contributed by atoms with Gasteiger partial charge in [0.05, 0.1) is 11.1 Å². The molecular weight excluding hydrogens is 331 g/mol. The van der Waals surface area contributed by atoms with Gasteiger partial charge >= 0.3 is 0 Å². The number of nitrogens with zero attached hydrogens (tertiary/aromatic N) is 1. The molecule has 3 rings (SSSR count). The molecule has 3 nitrogen and oxygen atoms in total. The van der Waals surface area contributed by atoms with E-state index >= 15 is 0 Å². The molecule has 3 aromatic rings. The maximum atomic E-state index is 14.0. The minimum Gasteiger partial charge on any atom is -0.380 e. The molecule has 0 saturated heterocycles. The standard InChI is InChI=1S/C13H8BrFN2OS/c14-7-3-4-8(9(15)6-7)12-11(13(16)17-18-12)10-2-1-5-19-10/h1-6H,(H2,16,17). The fourth-order valence-electron chi connectivity index (χ4n) is 1.82. The lowest BCUT2D eigenvalue weighted by Crippen LogP contribution is -1.88. The zero-order chi connectivity index (χ0) is 13.4. The van der Waals surface area contributed by atoms with Crippen molar-refractivity contribution in [2.75, 3.05) is 5.73 Å². The molecule has 0 spiro atoms. The van der Waals surface area contributed by atoms with Gasteiger partial charge in [0.1, 0.15) is 5.82 Å². The molecule has 0 fully saturated rings. The Balaban J connectivity index is 2.21. The lowest BCUT2D eigenvalue weighted by Gasteiger charge is -2.02. The fraction of sp³-hybridized carbons (Fsp3) is 0. The minimum absolute atomic E-state index is 0.264. The van der Waals surface area contributed by atoms with Crippen molar-refractivity contribution in [1.29, 1.82) is 0 Å². The number of halogens is 2. The van der Waals surface area contributed by atoms with Gasteiger partial charge in [0.15, 0.2) is 11.6 Å². The van der Waals surface area contributed by atoms with E-state index in [0.29, 0.717) is 21.4 Å². The van der Waals surface area contributed by atoms with Crippen molar-refractivity contribution in [2.24, 2.45) is 0 Å². The highest BCUT2D eigenvalue weighted by Gasteiger charge is 2.20. The van der Waals surface area contributed by atoms with Gasteiger partial charge in [0.25, 0.3) is 0 Å². The van der Waals surface area contributed by atoms with Crippen LogP contribution in [0, 0.1) is 5.82 Å². The maximum absolute atomic E-state index is 14.0. The summed E-state index contributed by atoms with van der Waals surface area (Å²) in [6, 6.07) is 8.56. The number of nitrogens with two attached hydrogens (primary N) is 1. The molecule has 0 saturated carbocycles. The van der Waals surface area contributed by atoms with Crippen LogP contribution < -0.4 is 5.73 Å². The smallest absolute Gasteiger partial charge is 0.180 e. The van der Waals surface area contributed by atoms with Gasteiger partial charge in [-0.3, -0.25) is 0 Å². The largest absolute Gasteiger partial charge is 0.380 e. The van der Waals surface area contributed by atoms with Gasteiger partial charge in [-0.2, -0.15) is 0 Å². The van der Waals surface area contributed by atoms with Crippen molar-refractivity contribution in [3.63, 3.8) is 0 Å². The van der Waals surface area contributed by atoms with E-state index in [4.69, 9.17) is 10.3 Å². The van der Waals surface area contributed by atoms with E-state index in [0.717, 1.165) is 4.88 Å². The van der Waals surface area contributed by atoms with Crippen LogP contribution >= 0.6 is 27.3 Å². The van der Waals surface area contributed by atoms with E-state index < -0.39 is 0 Å². The molecule has 0 bridgehead atoms. The normalized spacial score (nSPS) is 10.8. The first kappa shape index (κ1) is 12.4. The molecule has 2 heterocycles. The van der Waals surface area contributed by atoms with Gasteiger partial charge in [0, 0.05) is 9.35 Å². The van der Waals surface area contributed by atoms with Crippen LogP contribution in [0.3, 0.4) is 0 Å². The molecule has 19 heavy (non-hydrogen) atoms. The molecule has 0 atom stereocenters. The zero-order valence-electron chi connectivity index (χ0n) is 9.56. The second-order valence-corrected chi connectivity index (χ2v) is 5.74. The van der Waals surface area contributed by atoms with E-state index in [1.807, 2.05) is 17.5 Å². The highest BCUT2D eigenvalue weighted by atomic mass is 79.9. The molecule has 2 N–H and O–H groups in total. The van der Waals surface area contributed by atoms with Crippen LogP contribution in [0.4, 0.5) is 10.2 Å². The van der Waals surface area contributed by atoms with Gasteiger partial charge in [0.2, 0.25) is 0 Å². The van der Waals surface area contributed by atoms with Crippen molar-refractivity contribution in [2.45, 2.75) is 0 Å². The summed E-state index contributed by atoms with van der Waals surface area (Å²) in [5.41, 5.74) is 6.80. The first-order valence-electron chi connectivity index (χ1n) is 5.41. The Morgan fingerprint density at radius 2 is 2.16 bits per heavy atom. The third kappa shape index (κ3) is 2.17. The van der Waals surface area contributed by atoms with Crippen LogP contribution in [0.5, 0.6) is 0 Å². The molecule has 0 radical (unpaired) electrons. The van der Waals surface area contributed by atoms with Gasteiger partial charge < -0.3 is 10.3 Å². The SMILES string of the molecule is Nc1noc(-c2ccc(Br)cc2F)c1-c1cccs1. The van der Waals surface area contributed by atoms with Gasteiger partial charge in [-0.25, -0.2) is 4.39 Å². The lowest BCUT2D eigenvalue weighted by atomic mass is 10.1. The predicted octanol–water partition coefficient (Wildman–Crippen LogP) is 4.55. The van der Waals surface area contributed by atoms with E-state index in [1.165, 1.54) is 17.4 Å². The summed E-state index contributed by atoms with van der Waals surface area (Å²) in [7, 11) is 0. The molecule has 0 unspecified atom stereocenters. The third-order valence-electron chi connectivity index (χ3n) is 2.66. The minimum atomic E-state index is -0.386. The number of benzene rings is 1. The molecule has 0 aliphatic heterocycles. The first-order chi connectivity index (χ1) is 9.16. The topological polar surface area (TPSA) is 52.0 Å². The molecule has 2 aromatic heterocycles. The Hall–Kier alpha value is -1.66. The maximum Gasteiger partial charge on any atom is 0.180 e. The Morgan fingerprint density at radius 1 is 1.32 bits per heavy atom. The number of aromatic nitrogens is 1. The van der Waals surface area contributed by atoms with Crippen molar-refractivity contribution >= 4 is 33.1 Å². The summed E-state index contributed by atoms with van der Waals surface area (Å²) in [6.07, 6.45) is 0. The molecule has 96 valence electrons. The number of hydrogen-bond donors (Lipinski definition) is 1. The summed E-state index contributed by atoms with van der Waals surface area (Å²) < 4.78 is 19.9. The molecule has 0 aliphatic rings. The summed E-state index contributed by atoms with van der Waals surface area (Å²) in [4.78, 5) is 0.899. The second kappa shape index (κ2) is 4.79. The average Bonchev–Trinajstić information content (AvgIpc) is 2.98. The molecule has 6 heteroatoms. The Kier molecular flexibility index (Phi) is 3.12. The fourth-order valence-corrected chi connectivity index (χ4v) is 2.93. The summed E-state index contributed by atoms with van der Waals surface area (Å²) >= 11 is 4.72. The Labute approximate surface area is 121 Å². The molecule has 0 amide bonds. The van der Waals surface area contributed by atoms with Crippen molar-refractivity contribution in [3.8, 4) is 21.8 Å². The third-order valence-corrected chi connectivity index (χ3v) is 4.04. The van der Waals surface area contributed by atoms with E-state index in [1.54, 1.807) is 12.1 Å². The second-order valence-electron chi connectivity index (χ2n) is 3.87. The monoisotopic (exact) mass is 338 g/mol. The Morgan fingerprint density at radius 3 is 2.84 bits per heavy atom. The highest BCUT2D eigenvalue weighted by Crippen LogP contribution is 2.39. The first-order valence-corrected chi connectivity index (χ1v) is 7.08. The number of hydrogen-bond acceptors (Lipinski definition) is 4. The molecule has 1 aromatic carbocycles. The summed E-state index contributed by atoms with van der Waals surface area (Å²) in [5, 5.41) is 5.66. The van der Waals surface area contributed by atoms with E-state index in [9.17, 15) is 4.39 Å². The number of anilines is 1. The molecule has 0 aliphatic carbocycles. The van der Waals surface area contributed by atoms with Crippen molar-refractivity contribution < 1.29 is 8.91 Å². The van der Waals surface area contributed by atoms with Crippen LogP contribution in [0.1, 0.15) is 0 Å². The predicted molar refractivity (Wildman–Crippen MR) is 77.3 cm³/mol. The summed E-state index contributed by atoms with van der Waals surface area (Å²) in [5.74, 6) is 0.230. The van der Waals surface area contributed by atoms with Crippen molar-refractivity contribution in [1.82, 2.24) is 5.16 Å². The van der Waals surface area contributed by atoms with Crippen molar-refractivity contribution in [3.05, 3.63) is 46.0 Å². The van der Waals surface area contributed by atoms with Gasteiger partial charge in [-0.15, -0.1) is 11.3 Å². The van der Waals surface area contributed by atoms with Gasteiger partial charge in [-0.1, -0.05) is 27.2 Å². The lowest BCUT2D eigenvalue weighted by molar-refractivity contribution is 0.433. The van der Waals surface area contributed by atoms with Gasteiger partial charge in [-0.05, 0) is 29.6 Å². The zero-order valence-corrected chi connectivity index (χ0v) is 12.0. The average molecular weight is 339 g/mol. The quantitative estimate of drug-likeness (QED) is 0.745. The van der Waals surface area contributed by atoms with Crippen LogP contribution in [-0.2, 0) is 0 Å². The highest BCUT2D eigenvalue weighted by molar-refractivity contribution is 9.10. The van der Waals surface area contributed by atoms with E-state index in [2.05, 4.69) is 21.1 Å². The van der Waals surface area contributed by atoms with Crippen LogP contribution in [0.15, 0.2) is 44.7 Å². The van der Waals surface area contributed by atoms with Crippen LogP contribution in [0.2, 0.25) is 0 Å². The summed E-state index contributed by atoms with van der Waals surface area (Å²) in [6.45, 7) is 0. The van der Waals surface area contributed by atoms with E-state index in [-0.39, 0.29) is 11.6 Å². The molecular formula is C13H8BrFN2OS. The number of rotatable bonds is 2. The van der Waals surface area contributed by atoms with Crippen LogP contribution in [0.25, 0.3) is 21.8 Å². The Bertz CT molecular complexity index is 724. The number of nitrogen functional groups attached to an aromatic ring is 1. The number of thiophene rings is 1.